The zero-order chi connectivity index (χ0) is 15.4. The molecule has 0 fully saturated rings. The number of aliphatic imine (C=N–C) groups is 1. The van der Waals surface area contributed by atoms with Crippen molar-refractivity contribution in [1.82, 2.24) is 9.73 Å². The quantitative estimate of drug-likeness (QED) is 0.518. The second-order valence-corrected chi connectivity index (χ2v) is 7.31. The predicted octanol–water partition coefficient (Wildman–Crippen LogP) is 4.20. The van der Waals surface area contributed by atoms with Crippen molar-refractivity contribution in [2.75, 3.05) is 13.1 Å². The minimum absolute atomic E-state index is 0.526. The molecular formula is C16H20N4S2. The van der Waals surface area contributed by atoms with Crippen LogP contribution in [-0.2, 0) is 0 Å². The Morgan fingerprint density at radius 1 is 1.45 bits per heavy atom. The molecule has 1 aliphatic heterocycles. The van der Waals surface area contributed by atoms with Crippen LogP contribution in [0.4, 0.5) is 0 Å². The molecule has 0 aliphatic carbocycles. The van der Waals surface area contributed by atoms with Gasteiger partial charge in [0.15, 0.2) is 0 Å². The lowest BCUT2D eigenvalue weighted by Crippen LogP contribution is -2.34. The van der Waals surface area contributed by atoms with Crippen LogP contribution in [0.1, 0.15) is 20.3 Å². The Labute approximate surface area is 139 Å². The average molecular weight is 332 g/mol. The third-order valence-corrected chi connectivity index (χ3v) is 5.56. The second-order valence-electron chi connectivity index (χ2n) is 5.12. The lowest BCUT2D eigenvalue weighted by atomic mass is 10.1. The van der Waals surface area contributed by atoms with Crippen molar-refractivity contribution >= 4 is 45.5 Å². The van der Waals surface area contributed by atoms with Crippen molar-refractivity contribution in [1.29, 1.82) is 0 Å². The molecule has 0 saturated heterocycles. The van der Waals surface area contributed by atoms with E-state index in [1.807, 2.05) is 18.1 Å². The molecule has 1 atom stereocenters. The van der Waals surface area contributed by atoms with Gasteiger partial charge < -0.3 is 0 Å². The van der Waals surface area contributed by atoms with Crippen LogP contribution >= 0.6 is 23.3 Å². The molecule has 1 aromatic heterocycles. The standard InChI is InChI=1S/C16H20N4S2/c1-3-12-10-18-20(11-12)16(17-4-2)19-22-15-9-13-7-5-6-8-14(13)21-15/h5-10,12H,3-4,11H2,1-2H3,(H,17,19). The second kappa shape index (κ2) is 7.15. The van der Waals surface area contributed by atoms with Crippen molar-refractivity contribution in [3.05, 3.63) is 30.3 Å². The number of hydrazone groups is 1. The summed E-state index contributed by atoms with van der Waals surface area (Å²) in [5.41, 5.74) is 0. The molecular weight excluding hydrogens is 312 g/mol. The number of thiophene rings is 1. The van der Waals surface area contributed by atoms with E-state index in [2.05, 4.69) is 52.1 Å². The third kappa shape index (κ3) is 3.44. The van der Waals surface area contributed by atoms with Gasteiger partial charge in [0.1, 0.15) is 0 Å². The highest BCUT2D eigenvalue weighted by Crippen LogP contribution is 2.31. The van der Waals surface area contributed by atoms with Gasteiger partial charge in [0.2, 0.25) is 5.96 Å². The van der Waals surface area contributed by atoms with E-state index in [9.17, 15) is 0 Å². The first-order valence-corrected chi connectivity index (χ1v) is 9.21. The summed E-state index contributed by atoms with van der Waals surface area (Å²) in [7, 11) is 0. The molecule has 2 heterocycles. The highest BCUT2D eigenvalue weighted by Gasteiger charge is 2.20. The number of hydrogen-bond donors (Lipinski definition) is 1. The van der Waals surface area contributed by atoms with Crippen molar-refractivity contribution in [2.24, 2.45) is 16.0 Å². The maximum atomic E-state index is 4.55. The molecule has 2 aromatic rings. The monoisotopic (exact) mass is 332 g/mol. The molecule has 1 unspecified atom stereocenters. The number of nitrogens with zero attached hydrogens (tertiary/aromatic N) is 3. The fraction of sp³-hybridized carbons (Fsp3) is 0.375. The van der Waals surface area contributed by atoms with E-state index in [0.29, 0.717) is 5.92 Å². The number of hydrogen-bond acceptors (Lipinski definition) is 4. The van der Waals surface area contributed by atoms with Crippen LogP contribution in [0.5, 0.6) is 0 Å². The summed E-state index contributed by atoms with van der Waals surface area (Å²) >= 11 is 3.41. The van der Waals surface area contributed by atoms with E-state index in [1.165, 1.54) is 14.3 Å². The fourth-order valence-corrected chi connectivity index (χ4v) is 4.19. The van der Waals surface area contributed by atoms with Gasteiger partial charge in [-0.05, 0) is 42.8 Å². The topological polar surface area (TPSA) is 40.0 Å². The maximum Gasteiger partial charge on any atom is 0.225 e. The van der Waals surface area contributed by atoms with Crippen LogP contribution in [-0.4, -0.2) is 30.3 Å². The summed E-state index contributed by atoms with van der Waals surface area (Å²) in [5, 5.41) is 7.73. The predicted molar refractivity (Wildman–Crippen MR) is 97.8 cm³/mol. The summed E-state index contributed by atoms with van der Waals surface area (Å²) in [6.07, 6.45) is 3.14. The fourth-order valence-electron chi connectivity index (χ4n) is 2.29. The molecule has 0 saturated carbocycles. The van der Waals surface area contributed by atoms with Gasteiger partial charge >= 0.3 is 0 Å². The van der Waals surface area contributed by atoms with Gasteiger partial charge in [-0.25, -0.2) is 5.01 Å². The summed E-state index contributed by atoms with van der Waals surface area (Å²) in [5.74, 6) is 1.37. The van der Waals surface area contributed by atoms with Crippen molar-refractivity contribution in [3.63, 3.8) is 0 Å². The lowest BCUT2D eigenvalue weighted by molar-refractivity contribution is 0.431. The molecule has 116 valence electrons. The maximum absolute atomic E-state index is 4.55. The van der Waals surface area contributed by atoms with Crippen LogP contribution in [0.15, 0.2) is 44.6 Å². The van der Waals surface area contributed by atoms with Crippen molar-refractivity contribution < 1.29 is 0 Å². The van der Waals surface area contributed by atoms with E-state index in [0.717, 1.165) is 25.5 Å². The smallest absolute Gasteiger partial charge is 0.225 e. The normalized spacial score (nSPS) is 18.4. The zero-order valence-corrected chi connectivity index (χ0v) is 14.5. The SMILES string of the molecule is CCN=C(NSc1cc2ccccc2s1)N1CC(CC)C=N1. The van der Waals surface area contributed by atoms with Gasteiger partial charge in [0, 0.05) is 23.4 Å². The van der Waals surface area contributed by atoms with Gasteiger partial charge in [0.25, 0.3) is 0 Å². The van der Waals surface area contributed by atoms with Gasteiger partial charge in [-0.2, -0.15) is 5.10 Å². The number of benzene rings is 1. The highest BCUT2D eigenvalue weighted by molar-refractivity contribution is 8.00. The number of guanidine groups is 1. The molecule has 0 amide bonds. The molecule has 0 spiro atoms. The first-order valence-electron chi connectivity index (χ1n) is 7.57. The van der Waals surface area contributed by atoms with Gasteiger partial charge in [-0.15, -0.1) is 11.3 Å². The largest absolute Gasteiger partial charge is 0.294 e. The van der Waals surface area contributed by atoms with Crippen molar-refractivity contribution in [3.8, 4) is 0 Å². The Morgan fingerprint density at radius 3 is 3.05 bits per heavy atom. The van der Waals surface area contributed by atoms with E-state index < -0.39 is 0 Å². The highest BCUT2D eigenvalue weighted by atomic mass is 32.2. The summed E-state index contributed by atoms with van der Waals surface area (Å²) in [6.45, 7) is 5.90. The van der Waals surface area contributed by atoms with E-state index in [1.54, 1.807) is 23.3 Å². The van der Waals surface area contributed by atoms with Crippen LogP contribution in [0, 0.1) is 5.92 Å². The molecule has 4 nitrogen and oxygen atoms in total. The van der Waals surface area contributed by atoms with Gasteiger partial charge in [-0.1, -0.05) is 25.1 Å². The molecule has 0 bridgehead atoms. The van der Waals surface area contributed by atoms with Gasteiger partial charge in [-0.3, -0.25) is 9.71 Å². The van der Waals surface area contributed by atoms with Crippen LogP contribution in [0.3, 0.4) is 0 Å². The minimum atomic E-state index is 0.526. The van der Waals surface area contributed by atoms with Crippen molar-refractivity contribution in [2.45, 2.75) is 24.5 Å². The van der Waals surface area contributed by atoms with Crippen LogP contribution in [0.25, 0.3) is 10.1 Å². The summed E-state index contributed by atoms with van der Waals surface area (Å²) < 4.78 is 5.92. The molecule has 1 N–H and O–H groups in total. The number of rotatable bonds is 4. The molecule has 1 aliphatic rings. The molecule has 1 aromatic carbocycles. The Bertz CT molecular complexity index is 659. The summed E-state index contributed by atoms with van der Waals surface area (Å²) in [4.78, 5) is 4.55. The number of fused-ring (bicyclic) bond motifs is 1. The Kier molecular flexibility index (Phi) is 5.00. The minimum Gasteiger partial charge on any atom is -0.294 e. The first-order chi connectivity index (χ1) is 10.8. The van der Waals surface area contributed by atoms with E-state index in [-0.39, 0.29) is 0 Å². The Hall–Kier alpha value is -1.53. The average Bonchev–Trinajstić information content (AvgIpc) is 3.17. The molecule has 0 radical (unpaired) electrons. The summed E-state index contributed by atoms with van der Waals surface area (Å²) in [6, 6.07) is 10.7. The van der Waals surface area contributed by atoms with Crippen LogP contribution < -0.4 is 4.72 Å². The first kappa shape index (κ1) is 15.4. The Morgan fingerprint density at radius 2 is 2.32 bits per heavy atom. The Balaban J connectivity index is 1.67. The van der Waals surface area contributed by atoms with E-state index >= 15 is 0 Å². The molecule has 22 heavy (non-hydrogen) atoms. The third-order valence-electron chi connectivity index (χ3n) is 3.55. The molecule has 6 heteroatoms. The van der Waals surface area contributed by atoms with Gasteiger partial charge in [0.05, 0.1) is 10.8 Å². The zero-order valence-electron chi connectivity index (χ0n) is 12.8. The number of nitrogens with one attached hydrogen (secondary N) is 1. The van der Waals surface area contributed by atoms with E-state index in [4.69, 9.17) is 0 Å². The lowest BCUT2D eigenvalue weighted by Gasteiger charge is -2.18. The van der Waals surface area contributed by atoms with Crippen LogP contribution in [0.2, 0.25) is 0 Å². The molecule has 3 rings (SSSR count).